The smallest absolute Gasteiger partial charge is 0.181 e. The highest BCUT2D eigenvalue weighted by Gasteiger charge is 2.23. The van der Waals surface area contributed by atoms with Gasteiger partial charge in [0, 0.05) is 0 Å². The summed E-state index contributed by atoms with van der Waals surface area (Å²) in [5, 5.41) is 0. The topological polar surface area (TPSA) is 36.9 Å². The van der Waals surface area contributed by atoms with Crippen molar-refractivity contribution in [3.05, 3.63) is 54.1 Å². The zero-order valence-corrected chi connectivity index (χ0v) is 16.8. The maximum atomic E-state index is 5.90. The van der Waals surface area contributed by atoms with Crippen LogP contribution in [0.4, 0.5) is 0 Å². The van der Waals surface area contributed by atoms with Crippen LogP contribution in [0.5, 0.6) is 5.75 Å². The number of hydrogen-bond donors (Lipinski definition) is 0. The summed E-state index contributed by atoms with van der Waals surface area (Å²) in [6.07, 6.45) is 13.8. The van der Waals surface area contributed by atoms with Crippen molar-refractivity contribution in [1.82, 2.24) is 0 Å². The zero-order chi connectivity index (χ0) is 19.2. The van der Waals surface area contributed by atoms with Crippen LogP contribution >= 0.6 is 0 Å². The molecule has 1 aromatic rings. The van der Waals surface area contributed by atoms with Crippen LogP contribution in [-0.2, 0) is 14.2 Å². The first-order chi connectivity index (χ1) is 13.3. The van der Waals surface area contributed by atoms with E-state index in [2.05, 4.69) is 19.1 Å². The Hall–Kier alpha value is -1.62. The minimum atomic E-state index is -0.299. The third-order valence-corrected chi connectivity index (χ3v) is 4.45. The van der Waals surface area contributed by atoms with E-state index in [4.69, 9.17) is 18.9 Å². The molecule has 1 fully saturated rings. The van der Waals surface area contributed by atoms with E-state index in [0.717, 1.165) is 24.3 Å². The first-order valence-corrected chi connectivity index (χ1v) is 10.2. The summed E-state index contributed by atoms with van der Waals surface area (Å²) in [7, 11) is 0. The molecule has 4 nitrogen and oxygen atoms in total. The zero-order valence-electron chi connectivity index (χ0n) is 16.8. The molecule has 4 heteroatoms. The predicted octanol–water partition coefficient (Wildman–Crippen LogP) is 5.60. The molecule has 0 aromatic heterocycles. The van der Waals surface area contributed by atoms with Gasteiger partial charge in [0.2, 0.25) is 0 Å². The van der Waals surface area contributed by atoms with Gasteiger partial charge in [-0.25, -0.2) is 0 Å². The molecule has 2 atom stereocenters. The Morgan fingerprint density at radius 2 is 1.81 bits per heavy atom. The number of benzene rings is 1. The van der Waals surface area contributed by atoms with Crippen molar-refractivity contribution in [1.29, 1.82) is 0 Å². The van der Waals surface area contributed by atoms with Gasteiger partial charge in [0.25, 0.3) is 0 Å². The average molecular weight is 375 g/mol. The molecule has 1 aliphatic rings. The molecule has 27 heavy (non-hydrogen) atoms. The summed E-state index contributed by atoms with van der Waals surface area (Å²) >= 11 is 0. The van der Waals surface area contributed by atoms with E-state index < -0.39 is 0 Å². The molecule has 0 radical (unpaired) electrons. The van der Waals surface area contributed by atoms with E-state index in [9.17, 15) is 0 Å². The van der Waals surface area contributed by atoms with E-state index in [1.54, 1.807) is 0 Å². The van der Waals surface area contributed by atoms with E-state index in [-0.39, 0.29) is 12.4 Å². The van der Waals surface area contributed by atoms with Crippen molar-refractivity contribution >= 4 is 0 Å². The lowest BCUT2D eigenvalue weighted by molar-refractivity contribution is -0.232. The van der Waals surface area contributed by atoms with Crippen molar-refractivity contribution in [3.63, 3.8) is 0 Å². The Bertz CT molecular complexity index is 542. The Morgan fingerprint density at radius 3 is 2.52 bits per heavy atom. The van der Waals surface area contributed by atoms with Gasteiger partial charge in [-0.1, -0.05) is 69.0 Å². The van der Waals surface area contributed by atoms with Gasteiger partial charge in [-0.2, -0.15) is 0 Å². The van der Waals surface area contributed by atoms with E-state index in [0.29, 0.717) is 19.8 Å². The largest absolute Gasteiger partial charge is 0.494 e. The van der Waals surface area contributed by atoms with Gasteiger partial charge in [0.1, 0.15) is 11.9 Å². The Labute approximate surface area is 164 Å². The monoisotopic (exact) mass is 374 g/mol. The highest BCUT2D eigenvalue weighted by atomic mass is 16.7. The van der Waals surface area contributed by atoms with Crippen LogP contribution in [0.3, 0.4) is 0 Å². The molecule has 0 amide bonds. The lowest BCUT2D eigenvalue weighted by Gasteiger charge is -2.29. The number of unbranched alkanes of at least 4 members (excludes halogenated alkanes) is 4. The number of rotatable bonds is 12. The molecular weight excluding hydrogens is 340 g/mol. The van der Waals surface area contributed by atoms with Crippen LogP contribution < -0.4 is 4.74 Å². The summed E-state index contributed by atoms with van der Waals surface area (Å²) < 4.78 is 23.1. The fraction of sp³-hybridized carbons (Fsp3) is 0.565. The quantitative estimate of drug-likeness (QED) is 0.352. The molecule has 0 saturated carbocycles. The van der Waals surface area contributed by atoms with E-state index in [1.165, 1.54) is 25.7 Å². The second kappa shape index (κ2) is 13.5. The third kappa shape index (κ3) is 8.74. The Morgan fingerprint density at radius 1 is 1.00 bits per heavy atom. The summed E-state index contributed by atoms with van der Waals surface area (Å²) in [5.74, 6) is 0.917. The molecule has 2 rings (SSSR count). The van der Waals surface area contributed by atoms with Crippen LogP contribution in [0.15, 0.2) is 48.6 Å². The summed E-state index contributed by atoms with van der Waals surface area (Å²) in [6, 6.07) is 8.14. The van der Waals surface area contributed by atoms with Gasteiger partial charge < -0.3 is 18.9 Å². The highest BCUT2D eigenvalue weighted by molar-refractivity contribution is 5.28. The van der Waals surface area contributed by atoms with Gasteiger partial charge in [-0.15, -0.1) is 0 Å². The molecule has 1 aliphatic heterocycles. The molecule has 1 saturated heterocycles. The van der Waals surface area contributed by atoms with Crippen LogP contribution in [0.25, 0.3) is 0 Å². The van der Waals surface area contributed by atoms with Gasteiger partial charge in [0.15, 0.2) is 6.29 Å². The molecule has 0 N–H and O–H groups in total. The fourth-order valence-electron chi connectivity index (χ4n) is 2.86. The van der Waals surface area contributed by atoms with Crippen molar-refractivity contribution in [2.45, 2.75) is 58.3 Å². The van der Waals surface area contributed by atoms with Gasteiger partial charge >= 0.3 is 0 Å². The molecule has 1 heterocycles. The standard InChI is InChI=1S/C23H34O4/c1-3-5-7-9-11-16-24-21-14-12-20(13-15-21)22-18-27-23(19-26-22)25-17-10-8-6-4-2/h4,6,8,10,12-15,22-23H,3,5,7,9,11,16-19H2,1-2H3/b6-4+,10-8+/t22-,23+/m1/s1. The normalized spacial score (nSPS) is 20.5. The predicted molar refractivity (Wildman–Crippen MR) is 109 cm³/mol. The summed E-state index contributed by atoms with van der Waals surface area (Å²) in [4.78, 5) is 0. The Balaban J connectivity index is 1.64. The first kappa shape index (κ1) is 21.7. The first-order valence-electron chi connectivity index (χ1n) is 10.2. The lowest BCUT2D eigenvalue weighted by Crippen LogP contribution is -2.33. The minimum Gasteiger partial charge on any atom is -0.494 e. The second-order valence-corrected chi connectivity index (χ2v) is 6.70. The fourth-order valence-corrected chi connectivity index (χ4v) is 2.86. The molecular formula is C23H34O4. The molecule has 1 aromatic carbocycles. The van der Waals surface area contributed by atoms with Gasteiger partial charge in [-0.3, -0.25) is 0 Å². The van der Waals surface area contributed by atoms with E-state index >= 15 is 0 Å². The molecule has 0 bridgehead atoms. The molecule has 0 unspecified atom stereocenters. The molecule has 0 aliphatic carbocycles. The number of ether oxygens (including phenoxy) is 4. The van der Waals surface area contributed by atoms with Crippen LogP contribution in [-0.4, -0.2) is 32.7 Å². The van der Waals surface area contributed by atoms with Crippen molar-refractivity contribution in [2.75, 3.05) is 26.4 Å². The lowest BCUT2D eigenvalue weighted by atomic mass is 10.1. The van der Waals surface area contributed by atoms with Crippen LogP contribution in [0.2, 0.25) is 0 Å². The van der Waals surface area contributed by atoms with Gasteiger partial charge in [-0.05, 0) is 31.0 Å². The Kier molecular flexibility index (Phi) is 10.9. The minimum absolute atomic E-state index is 0.0495. The third-order valence-electron chi connectivity index (χ3n) is 4.45. The SMILES string of the molecule is C/C=C/C=C/CO[C@@H]1CO[C@@H](c2ccc(OCCCCCCC)cc2)CO1. The number of allylic oxidation sites excluding steroid dienone is 3. The van der Waals surface area contributed by atoms with Crippen LogP contribution in [0.1, 0.15) is 57.6 Å². The number of hydrogen-bond acceptors (Lipinski definition) is 4. The van der Waals surface area contributed by atoms with Crippen LogP contribution in [0, 0.1) is 0 Å². The summed E-state index contributed by atoms with van der Waals surface area (Å²) in [5.41, 5.74) is 1.11. The average Bonchev–Trinajstić information content (AvgIpc) is 2.71. The van der Waals surface area contributed by atoms with Gasteiger partial charge in [0.05, 0.1) is 26.4 Å². The maximum Gasteiger partial charge on any atom is 0.181 e. The molecule has 0 spiro atoms. The molecule has 150 valence electrons. The summed E-state index contributed by atoms with van der Waals surface area (Å²) in [6.45, 7) is 6.47. The van der Waals surface area contributed by atoms with Crippen molar-refractivity contribution in [2.24, 2.45) is 0 Å². The van der Waals surface area contributed by atoms with Crippen molar-refractivity contribution < 1.29 is 18.9 Å². The van der Waals surface area contributed by atoms with E-state index in [1.807, 2.05) is 43.4 Å². The highest BCUT2D eigenvalue weighted by Crippen LogP contribution is 2.25. The van der Waals surface area contributed by atoms with Crippen molar-refractivity contribution in [3.8, 4) is 5.75 Å². The second-order valence-electron chi connectivity index (χ2n) is 6.70. The maximum absolute atomic E-state index is 5.90.